The second kappa shape index (κ2) is 6.48. The zero-order valence-corrected chi connectivity index (χ0v) is 11.9. The van der Waals surface area contributed by atoms with Gasteiger partial charge in [-0.25, -0.2) is 4.68 Å². The third-order valence-electron chi connectivity index (χ3n) is 3.53. The number of benzene rings is 1. The second-order valence-electron chi connectivity index (χ2n) is 4.83. The molecule has 1 aromatic carbocycles. The molecule has 2 rings (SSSR count). The molecule has 0 saturated carbocycles. The topological polar surface area (TPSA) is 42.7 Å². The molecule has 4 nitrogen and oxygen atoms in total. The summed E-state index contributed by atoms with van der Waals surface area (Å²) in [5.41, 5.74) is 2.18. The lowest BCUT2D eigenvalue weighted by molar-refractivity contribution is 0.370. The zero-order valence-electron chi connectivity index (χ0n) is 11.9. The van der Waals surface area contributed by atoms with Crippen LogP contribution in [0.15, 0.2) is 36.5 Å². The normalized spacial score (nSPS) is 14.3. The van der Waals surface area contributed by atoms with E-state index >= 15 is 0 Å². The monoisotopic (exact) mass is 258 g/mol. The standard InChI is InChI=1S/C15H22N4/c1-4-12(3)15(16-5-2)14-11-17-18-19(14)13-9-7-6-8-10-13/h6-12,15-16H,4-5H2,1-3H3. The lowest BCUT2D eigenvalue weighted by Gasteiger charge is -2.24. The Kier molecular flexibility index (Phi) is 4.68. The van der Waals surface area contributed by atoms with Crippen molar-refractivity contribution >= 4 is 0 Å². The van der Waals surface area contributed by atoms with Crippen LogP contribution in [0.5, 0.6) is 0 Å². The van der Waals surface area contributed by atoms with Gasteiger partial charge in [0.2, 0.25) is 0 Å². The molecule has 0 aliphatic heterocycles. The Hall–Kier alpha value is -1.68. The molecule has 2 unspecified atom stereocenters. The molecule has 0 amide bonds. The van der Waals surface area contributed by atoms with Crippen molar-refractivity contribution in [2.45, 2.75) is 33.2 Å². The van der Waals surface area contributed by atoms with E-state index < -0.39 is 0 Å². The van der Waals surface area contributed by atoms with Crippen LogP contribution in [0.25, 0.3) is 5.69 Å². The van der Waals surface area contributed by atoms with Gasteiger partial charge in [0.1, 0.15) is 0 Å². The fourth-order valence-electron chi connectivity index (χ4n) is 2.28. The van der Waals surface area contributed by atoms with Crippen molar-refractivity contribution in [2.24, 2.45) is 5.92 Å². The maximum Gasteiger partial charge on any atom is 0.0817 e. The van der Waals surface area contributed by atoms with Gasteiger partial charge in [-0.1, -0.05) is 50.6 Å². The van der Waals surface area contributed by atoms with Crippen LogP contribution in [0, 0.1) is 5.92 Å². The van der Waals surface area contributed by atoms with Gasteiger partial charge < -0.3 is 5.32 Å². The molecule has 2 aromatic rings. The second-order valence-corrected chi connectivity index (χ2v) is 4.83. The van der Waals surface area contributed by atoms with Crippen molar-refractivity contribution in [3.05, 3.63) is 42.2 Å². The molecule has 4 heteroatoms. The Labute approximate surface area is 114 Å². The Bertz CT molecular complexity index is 492. The zero-order chi connectivity index (χ0) is 13.7. The highest BCUT2D eigenvalue weighted by molar-refractivity contribution is 5.32. The molecule has 1 heterocycles. The summed E-state index contributed by atoms with van der Waals surface area (Å²) in [6, 6.07) is 10.4. The molecule has 19 heavy (non-hydrogen) atoms. The highest BCUT2D eigenvalue weighted by Gasteiger charge is 2.21. The van der Waals surface area contributed by atoms with Crippen LogP contribution in [0.4, 0.5) is 0 Å². The van der Waals surface area contributed by atoms with E-state index in [0.717, 1.165) is 24.3 Å². The van der Waals surface area contributed by atoms with E-state index in [1.165, 1.54) is 0 Å². The first-order chi connectivity index (χ1) is 9.27. The molecule has 1 N–H and O–H groups in total. The minimum absolute atomic E-state index is 0.283. The minimum Gasteiger partial charge on any atom is -0.309 e. The number of aromatic nitrogens is 3. The van der Waals surface area contributed by atoms with Crippen LogP contribution in [0.2, 0.25) is 0 Å². The first-order valence-electron chi connectivity index (χ1n) is 6.97. The molecule has 0 radical (unpaired) electrons. The number of hydrogen-bond acceptors (Lipinski definition) is 3. The lowest BCUT2D eigenvalue weighted by atomic mass is 9.96. The summed E-state index contributed by atoms with van der Waals surface area (Å²) < 4.78 is 1.93. The number of hydrogen-bond donors (Lipinski definition) is 1. The van der Waals surface area contributed by atoms with E-state index in [9.17, 15) is 0 Å². The van der Waals surface area contributed by atoms with Crippen LogP contribution in [0.1, 0.15) is 38.9 Å². The Balaban J connectivity index is 2.36. The molecule has 0 aliphatic carbocycles. The van der Waals surface area contributed by atoms with Crippen molar-refractivity contribution in [1.82, 2.24) is 20.3 Å². The van der Waals surface area contributed by atoms with Crippen LogP contribution in [-0.2, 0) is 0 Å². The van der Waals surface area contributed by atoms with E-state index in [4.69, 9.17) is 0 Å². The van der Waals surface area contributed by atoms with Crippen molar-refractivity contribution in [1.29, 1.82) is 0 Å². The SMILES string of the molecule is CCNC(c1cnnn1-c1ccccc1)C(C)CC. The summed E-state index contributed by atoms with van der Waals surface area (Å²) in [4.78, 5) is 0. The fourth-order valence-corrected chi connectivity index (χ4v) is 2.28. The van der Waals surface area contributed by atoms with Crippen LogP contribution >= 0.6 is 0 Å². The summed E-state index contributed by atoms with van der Waals surface area (Å²) >= 11 is 0. The van der Waals surface area contributed by atoms with Crippen molar-refractivity contribution < 1.29 is 0 Å². The molecule has 0 aliphatic rings. The smallest absolute Gasteiger partial charge is 0.0817 e. The van der Waals surface area contributed by atoms with Gasteiger partial charge in [0.15, 0.2) is 0 Å². The molecule has 0 saturated heterocycles. The van der Waals surface area contributed by atoms with E-state index in [-0.39, 0.29) is 6.04 Å². The summed E-state index contributed by atoms with van der Waals surface area (Å²) in [7, 11) is 0. The van der Waals surface area contributed by atoms with E-state index in [0.29, 0.717) is 5.92 Å². The Morgan fingerprint density at radius 3 is 2.58 bits per heavy atom. The van der Waals surface area contributed by atoms with Crippen LogP contribution in [-0.4, -0.2) is 21.5 Å². The summed E-state index contributed by atoms with van der Waals surface area (Å²) in [6.07, 6.45) is 2.99. The van der Waals surface area contributed by atoms with Gasteiger partial charge in [0, 0.05) is 0 Å². The van der Waals surface area contributed by atoms with Crippen molar-refractivity contribution in [2.75, 3.05) is 6.54 Å². The summed E-state index contributed by atoms with van der Waals surface area (Å²) in [5, 5.41) is 11.9. The lowest BCUT2D eigenvalue weighted by Crippen LogP contribution is -2.28. The van der Waals surface area contributed by atoms with Gasteiger partial charge in [0.05, 0.1) is 23.6 Å². The number of para-hydroxylation sites is 1. The molecule has 0 bridgehead atoms. The van der Waals surface area contributed by atoms with Gasteiger partial charge in [-0.2, -0.15) is 0 Å². The maximum absolute atomic E-state index is 4.23. The van der Waals surface area contributed by atoms with Crippen molar-refractivity contribution in [3.8, 4) is 5.69 Å². The Morgan fingerprint density at radius 2 is 1.95 bits per heavy atom. The highest BCUT2D eigenvalue weighted by atomic mass is 15.4. The molecule has 2 atom stereocenters. The fraction of sp³-hybridized carbons (Fsp3) is 0.467. The number of rotatable bonds is 6. The summed E-state index contributed by atoms with van der Waals surface area (Å²) in [6.45, 7) is 7.54. The van der Waals surface area contributed by atoms with Gasteiger partial charge in [0.25, 0.3) is 0 Å². The van der Waals surface area contributed by atoms with Gasteiger partial charge >= 0.3 is 0 Å². The minimum atomic E-state index is 0.283. The van der Waals surface area contributed by atoms with Crippen molar-refractivity contribution in [3.63, 3.8) is 0 Å². The summed E-state index contributed by atoms with van der Waals surface area (Å²) in [5.74, 6) is 0.543. The third-order valence-corrected chi connectivity index (χ3v) is 3.53. The molecular weight excluding hydrogens is 236 g/mol. The molecule has 0 fully saturated rings. The Morgan fingerprint density at radius 1 is 1.21 bits per heavy atom. The van der Waals surface area contributed by atoms with E-state index in [1.54, 1.807) is 0 Å². The molecule has 1 aromatic heterocycles. The first kappa shape index (κ1) is 13.7. The maximum atomic E-state index is 4.23. The average molecular weight is 258 g/mol. The van der Waals surface area contributed by atoms with Gasteiger partial charge in [-0.3, -0.25) is 0 Å². The largest absolute Gasteiger partial charge is 0.309 e. The number of nitrogens with one attached hydrogen (secondary N) is 1. The first-order valence-corrected chi connectivity index (χ1v) is 6.97. The third kappa shape index (κ3) is 3.01. The molecule has 0 spiro atoms. The van der Waals surface area contributed by atoms with Crippen LogP contribution in [0.3, 0.4) is 0 Å². The average Bonchev–Trinajstić information content (AvgIpc) is 2.94. The van der Waals surface area contributed by atoms with Gasteiger partial charge in [-0.05, 0) is 24.6 Å². The highest BCUT2D eigenvalue weighted by Crippen LogP contribution is 2.25. The number of nitrogens with zero attached hydrogens (tertiary/aromatic N) is 3. The van der Waals surface area contributed by atoms with E-state index in [1.807, 2.05) is 29.1 Å². The quantitative estimate of drug-likeness (QED) is 0.866. The van der Waals surface area contributed by atoms with Gasteiger partial charge in [-0.15, -0.1) is 5.10 Å². The van der Waals surface area contributed by atoms with E-state index in [2.05, 4.69) is 48.5 Å². The van der Waals surface area contributed by atoms with Crippen LogP contribution < -0.4 is 5.32 Å². The molecule has 102 valence electrons. The molecular formula is C15H22N4. The predicted octanol–water partition coefficient (Wildman–Crippen LogP) is 2.96. The predicted molar refractivity (Wildman–Crippen MR) is 77.2 cm³/mol.